The van der Waals surface area contributed by atoms with Gasteiger partial charge in [-0.1, -0.05) is 0 Å². The summed E-state index contributed by atoms with van der Waals surface area (Å²) in [6.45, 7) is 6.90. The molecule has 0 radical (unpaired) electrons. The van der Waals surface area contributed by atoms with Crippen LogP contribution < -0.4 is 5.32 Å². The van der Waals surface area contributed by atoms with Gasteiger partial charge in [-0.2, -0.15) is 0 Å². The van der Waals surface area contributed by atoms with E-state index in [1.165, 1.54) is 0 Å². The predicted molar refractivity (Wildman–Crippen MR) is 39.8 cm³/mol. The third-order valence-electron chi connectivity index (χ3n) is 1.81. The van der Waals surface area contributed by atoms with Crippen molar-refractivity contribution in [3.8, 4) is 0 Å². The highest BCUT2D eigenvalue weighted by molar-refractivity contribution is 5.77. The summed E-state index contributed by atoms with van der Waals surface area (Å²) >= 11 is 0. The van der Waals surface area contributed by atoms with Crippen LogP contribution in [0.4, 0.5) is 4.79 Å². The minimum atomic E-state index is 0.0718. The van der Waals surface area contributed by atoms with Gasteiger partial charge in [0.1, 0.15) is 0 Å². The molecule has 0 bridgehead atoms. The molecule has 10 heavy (non-hydrogen) atoms. The fourth-order valence-corrected chi connectivity index (χ4v) is 1.37. The number of nitrogens with one attached hydrogen (secondary N) is 1. The van der Waals surface area contributed by atoms with Crippen LogP contribution in [0, 0.1) is 0 Å². The zero-order valence-electron chi connectivity index (χ0n) is 6.72. The van der Waals surface area contributed by atoms with E-state index in [4.69, 9.17) is 0 Å². The van der Waals surface area contributed by atoms with Gasteiger partial charge in [0, 0.05) is 18.6 Å². The SMILES string of the molecule is CC(C)N1C(=O)NCC1C. The monoisotopic (exact) mass is 142 g/mol. The van der Waals surface area contributed by atoms with Gasteiger partial charge >= 0.3 is 6.03 Å². The zero-order chi connectivity index (χ0) is 7.72. The summed E-state index contributed by atoms with van der Waals surface area (Å²) in [6, 6.07) is 0.743. The van der Waals surface area contributed by atoms with Crippen molar-refractivity contribution >= 4 is 6.03 Å². The maximum absolute atomic E-state index is 11.0. The van der Waals surface area contributed by atoms with Crippen LogP contribution in [0.1, 0.15) is 20.8 Å². The number of nitrogens with zero attached hydrogens (tertiary/aromatic N) is 1. The van der Waals surface area contributed by atoms with Crippen LogP contribution in [-0.4, -0.2) is 29.6 Å². The average molecular weight is 142 g/mol. The molecule has 58 valence electrons. The molecule has 1 heterocycles. The van der Waals surface area contributed by atoms with Gasteiger partial charge in [0.15, 0.2) is 0 Å². The molecule has 0 aromatic heterocycles. The third-order valence-corrected chi connectivity index (χ3v) is 1.81. The Bertz CT molecular complexity index is 145. The summed E-state index contributed by atoms with van der Waals surface area (Å²) in [5.74, 6) is 0. The largest absolute Gasteiger partial charge is 0.336 e. The van der Waals surface area contributed by atoms with Gasteiger partial charge in [0.05, 0.1) is 0 Å². The van der Waals surface area contributed by atoms with Crippen LogP contribution >= 0.6 is 0 Å². The van der Waals surface area contributed by atoms with E-state index < -0.39 is 0 Å². The van der Waals surface area contributed by atoms with Gasteiger partial charge in [-0.25, -0.2) is 4.79 Å². The lowest BCUT2D eigenvalue weighted by Crippen LogP contribution is -2.38. The average Bonchev–Trinajstić information content (AvgIpc) is 2.11. The molecule has 0 spiro atoms. The van der Waals surface area contributed by atoms with E-state index in [-0.39, 0.29) is 6.03 Å². The van der Waals surface area contributed by atoms with Crippen LogP contribution in [0.25, 0.3) is 0 Å². The number of hydrogen-bond donors (Lipinski definition) is 1. The lowest BCUT2D eigenvalue weighted by molar-refractivity contribution is 0.190. The second-order valence-electron chi connectivity index (χ2n) is 3.04. The molecular formula is C7H14N2O. The Morgan fingerprint density at radius 1 is 1.70 bits per heavy atom. The van der Waals surface area contributed by atoms with Gasteiger partial charge < -0.3 is 10.2 Å². The summed E-state index contributed by atoms with van der Waals surface area (Å²) in [5.41, 5.74) is 0. The molecule has 3 heteroatoms. The first-order valence-corrected chi connectivity index (χ1v) is 3.69. The van der Waals surface area contributed by atoms with Crippen LogP contribution in [0.2, 0.25) is 0 Å². The Kier molecular flexibility index (Phi) is 1.83. The van der Waals surface area contributed by atoms with Gasteiger partial charge in [-0.05, 0) is 20.8 Å². The van der Waals surface area contributed by atoms with Crippen LogP contribution in [0.15, 0.2) is 0 Å². The highest BCUT2D eigenvalue weighted by Crippen LogP contribution is 2.09. The van der Waals surface area contributed by atoms with Gasteiger partial charge in [-0.15, -0.1) is 0 Å². The van der Waals surface area contributed by atoms with E-state index >= 15 is 0 Å². The van der Waals surface area contributed by atoms with Crippen molar-refractivity contribution in [3.05, 3.63) is 0 Å². The highest BCUT2D eigenvalue weighted by atomic mass is 16.2. The molecule has 1 atom stereocenters. The van der Waals surface area contributed by atoms with Crippen molar-refractivity contribution in [2.75, 3.05) is 6.54 Å². The number of amides is 2. The van der Waals surface area contributed by atoms with E-state index in [2.05, 4.69) is 12.2 Å². The first kappa shape index (κ1) is 7.38. The Morgan fingerprint density at radius 3 is 2.50 bits per heavy atom. The van der Waals surface area contributed by atoms with Crippen LogP contribution in [-0.2, 0) is 0 Å². The summed E-state index contributed by atoms with van der Waals surface area (Å²) in [4.78, 5) is 12.9. The summed E-state index contributed by atoms with van der Waals surface area (Å²) < 4.78 is 0. The second kappa shape index (κ2) is 2.48. The highest BCUT2D eigenvalue weighted by Gasteiger charge is 2.28. The molecule has 1 rings (SSSR count). The second-order valence-corrected chi connectivity index (χ2v) is 3.04. The smallest absolute Gasteiger partial charge is 0.318 e. The maximum Gasteiger partial charge on any atom is 0.318 e. The molecule has 0 saturated carbocycles. The van der Waals surface area contributed by atoms with Crippen molar-refractivity contribution in [2.45, 2.75) is 32.9 Å². The van der Waals surface area contributed by atoms with Crippen molar-refractivity contribution < 1.29 is 4.79 Å². The third kappa shape index (κ3) is 1.08. The molecule has 0 aromatic carbocycles. The Balaban J connectivity index is 2.63. The van der Waals surface area contributed by atoms with Gasteiger partial charge in [0.25, 0.3) is 0 Å². The Hall–Kier alpha value is -0.730. The maximum atomic E-state index is 11.0. The zero-order valence-corrected chi connectivity index (χ0v) is 6.72. The molecule has 2 amide bonds. The number of carbonyl (C=O) groups excluding carboxylic acids is 1. The molecule has 1 unspecified atom stereocenters. The Labute approximate surface area is 61.4 Å². The normalized spacial score (nSPS) is 25.8. The Morgan fingerprint density at radius 2 is 2.30 bits per heavy atom. The standard InChI is InChI=1S/C7H14N2O/c1-5(2)9-6(3)4-8-7(9)10/h5-6H,4H2,1-3H3,(H,8,10). The van der Waals surface area contributed by atoms with E-state index in [1.54, 1.807) is 0 Å². The van der Waals surface area contributed by atoms with Gasteiger partial charge in [0.2, 0.25) is 0 Å². The molecule has 1 aliphatic heterocycles. The molecule has 0 aromatic rings. The molecular weight excluding hydrogens is 128 g/mol. The van der Waals surface area contributed by atoms with E-state index in [9.17, 15) is 4.79 Å². The molecule has 1 fully saturated rings. The number of urea groups is 1. The first-order valence-electron chi connectivity index (χ1n) is 3.69. The van der Waals surface area contributed by atoms with Gasteiger partial charge in [-0.3, -0.25) is 0 Å². The number of hydrogen-bond acceptors (Lipinski definition) is 1. The molecule has 0 aliphatic carbocycles. The quantitative estimate of drug-likeness (QED) is 0.577. The van der Waals surface area contributed by atoms with Crippen molar-refractivity contribution in [2.24, 2.45) is 0 Å². The van der Waals surface area contributed by atoms with Crippen molar-refractivity contribution in [3.63, 3.8) is 0 Å². The summed E-state index contributed by atoms with van der Waals surface area (Å²) in [6.07, 6.45) is 0. The summed E-state index contributed by atoms with van der Waals surface area (Å²) in [7, 11) is 0. The first-order chi connectivity index (χ1) is 4.63. The minimum Gasteiger partial charge on any atom is -0.336 e. The fraction of sp³-hybridized carbons (Fsp3) is 0.857. The predicted octanol–water partition coefficient (Wildman–Crippen LogP) is 0.808. The summed E-state index contributed by atoms with van der Waals surface area (Å²) in [5, 5.41) is 2.79. The topological polar surface area (TPSA) is 32.3 Å². The number of carbonyl (C=O) groups is 1. The fourth-order valence-electron chi connectivity index (χ4n) is 1.37. The van der Waals surface area contributed by atoms with E-state index in [0.717, 1.165) is 6.54 Å². The minimum absolute atomic E-state index is 0.0718. The lowest BCUT2D eigenvalue weighted by atomic mass is 10.2. The molecule has 1 aliphatic rings. The molecule has 1 saturated heterocycles. The number of rotatable bonds is 1. The van der Waals surface area contributed by atoms with Crippen LogP contribution in [0.5, 0.6) is 0 Å². The lowest BCUT2D eigenvalue weighted by Gasteiger charge is -2.23. The van der Waals surface area contributed by atoms with Crippen molar-refractivity contribution in [1.82, 2.24) is 10.2 Å². The van der Waals surface area contributed by atoms with E-state index in [0.29, 0.717) is 12.1 Å². The molecule has 1 N–H and O–H groups in total. The van der Waals surface area contributed by atoms with Crippen molar-refractivity contribution in [1.29, 1.82) is 0 Å². The van der Waals surface area contributed by atoms with Crippen LogP contribution in [0.3, 0.4) is 0 Å². The van der Waals surface area contributed by atoms with E-state index in [1.807, 2.05) is 18.7 Å². The molecule has 3 nitrogen and oxygen atoms in total.